The van der Waals surface area contributed by atoms with Crippen molar-refractivity contribution in [3.8, 4) is 0 Å². The molecule has 2 atom stereocenters. The van der Waals surface area contributed by atoms with E-state index in [2.05, 4.69) is 0 Å². The topological polar surface area (TPSA) is 0 Å². The van der Waals surface area contributed by atoms with E-state index in [9.17, 15) is 13.2 Å². The van der Waals surface area contributed by atoms with Gasteiger partial charge in [-0.25, -0.2) is 0 Å². The number of hydrogen-bond acceptors (Lipinski definition) is 0. The van der Waals surface area contributed by atoms with Gasteiger partial charge >= 0.3 is 6.18 Å². The van der Waals surface area contributed by atoms with Gasteiger partial charge in [0.15, 0.2) is 0 Å². The monoisotopic (exact) mass is 248 g/mol. The molecule has 0 spiro atoms. The first kappa shape index (κ1) is 11.8. The van der Waals surface area contributed by atoms with E-state index in [-0.39, 0.29) is 5.38 Å². The summed E-state index contributed by atoms with van der Waals surface area (Å²) in [6.45, 7) is 0. The van der Waals surface area contributed by atoms with Crippen LogP contribution in [0.4, 0.5) is 13.2 Å². The summed E-state index contributed by atoms with van der Waals surface area (Å²) in [4.78, 5) is 0. The summed E-state index contributed by atoms with van der Waals surface area (Å²) in [5, 5.41) is 0.173. The van der Waals surface area contributed by atoms with Crippen LogP contribution < -0.4 is 0 Å². The lowest BCUT2D eigenvalue weighted by atomic mass is 9.97. The SMILES string of the molecule is FC(F)(F)c1ccc(C2CCC(Cl)C2)cc1. The Kier molecular flexibility index (Phi) is 3.15. The lowest BCUT2D eigenvalue weighted by Gasteiger charge is -2.11. The maximum Gasteiger partial charge on any atom is 0.416 e. The third-order valence-corrected chi connectivity index (χ3v) is 3.47. The van der Waals surface area contributed by atoms with Crippen molar-refractivity contribution < 1.29 is 13.2 Å². The smallest absolute Gasteiger partial charge is 0.166 e. The van der Waals surface area contributed by atoms with Gasteiger partial charge in [0.1, 0.15) is 0 Å². The van der Waals surface area contributed by atoms with Crippen LogP contribution in [0.2, 0.25) is 0 Å². The fraction of sp³-hybridized carbons (Fsp3) is 0.500. The van der Waals surface area contributed by atoms with Crippen LogP contribution in [0.15, 0.2) is 24.3 Å². The highest BCUT2D eigenvalue weighted by Gasteiger charge is 2.31. The Morgan fingerprint density at radius 1 is 1.06 bits per heavy atom. The second-order valence-electron chi connectivity index (χ2n) is 4.23. The average Bonchev–Trinajstić information content (AvgIpc) is 2.64. The van der Waals surface area contributed by atoms with Gasteiger partial charge in [0.05, 0.1) is 5.56 Å². The minimum absolute atomic E-state index is 0.173. The van der Waals surface area contributed by atoms with Gasteiger partial charge in [0.2, 0.25) is 0 Å². The number of rotatable bonds is 1. The Morgan fingerprint density at radius 2 is 1.69 bits per heavy atom. The Balaban J connectivity index is 2.14. The minimum Gasteiger partial charge on any atom is -0.166 e. The summed E-state index contributed by atoms with van der Waals surface area (Å²) < 4.78 is 37.0. The van der Waals surface area contributed by atoms with Gasteiger partial charge in [-0.05, 0) is 42.9 Å². The molecule has 1 aromatic carbocycles. The van der Waals surface area contributed by atoms with Crippen molar-refractivity contribution >= 4 is 11.6 Å². The molecule has 2 unspecified atom stereocenters. The Labute approximate surface area is 97.4 Å². The summed E-state index contributed by atoms with van der Waals surface area (Å²) in [7, 11) is 0. The maximum absolute atomic E-state index is 12.3. The molecule has 1 aromatic rings. The zero-order valence-corrected chi connectivity index (χ0v) is 9.35. The van der Waals surface area contributed by atoms with Crippen LogP contribution in [0.3, 0.4) is 0 Å². The molecule has 0 heterocycles. The van der Waals surface area contributed by atoms with E-state index in [1.807, 2.05) is 0 Å². The lowest BCUT2D eigenvalue weighted by Crippen LogP contribution is -2.05. The molecule has 0 aromatic heterocycles. The molecule has 0 nitrogen and oxygen atoms in total. The van der Waals surface area contributed by atoms with Gasteiger partial charge in [-0.3, -0.25) is 0 Å². The Bertz CT molecular complexity index is 356. The van der Waals surface area contributed by atoms with Gasteiger partial charge in [0.25, 0.3) is 0 Å². The molecular formula is C12H12ClF3. The summed E-state index contributed by atoms with van der Waals surface area (Å²) >= 11 is 5.98. The van der Waals surface area contributed by atoms with Crippen LogP contribution in [0.1, 0.15) is 36.3 Å². The van der Waals surface area contributed by atoms with Crippen LogP contribution in [0.25, 0.3) is 0 Å². The van der Waals surface area contributed by atoms with Crippen molar-refractivity contribution in [1.82, 2.24) is 0 Å². The molecule has 0 aliphatic heterocycles. The van der Waals surface area contributed by atoms with Crippen LogP contribution in [0.5, 0.6) is 0 Å². The average molecular weight is 249 g/mol. The first-order chi connectivity index (χ1) is 7.47. The first-order valence-electron chi connectivity index (χ1n) is 5.28. The van der Waals surface area contributed by atoms with E-state index in [1.165, 1.54) is 0 Å². The van der Waals surface area contributed by atoms with Crippen molar-refractivity contribution in [2.45, 2.75) is 36.7 Å². The molecule has 0 N–H and O–H groups in total. The summed E-state index contributed by atoms with van der Waals surface area (Å²) in [5.74, 6) is 0.324. The van der Waals surface area contributed by atoms with Crippen molar-refractivity contribution in [1.29, 1.82) is 0 Å². The number of benzene rings is 1. The predicted octanol–water partition coefficient (Wildman–Crippen LogP) is 4.58. The van der Waals surface area contributed by atoms with Crippen molar-refractivity contribution in [2.75, 3.05) is 0 Å². The maximum atomic E-state index is 12.3. The first-order valence-corrected chi connectivity index (χ1v) is 5.71. The Hall–Kier alpha value is -0.700. The van der Waals surface area contributed by atoms with Gasteiger partial charge in [0, 0.05) is 5.38 Å². The van der Waals surface area contributed by atoms with Crippen LogP contribution in [-0.4, -0.2) is 5.38 Å². The quantitative estimate of drug-likeness (QED) is 0.638. The number of halogens is 4. The van der Waals surface area contributed by atoms with E-state index in [0.29, 0.717) is 5.92 Å². The predicted molar refractivity (Wildman–Crippen MR) is 57.7 cm³/mol. The molecule has 0 bridgehead atoms. The molecule has 1 fully saturated rings. The van der Waals surface area contributed by atoms with Crippen LogP contribution >= 0.6 is 11.6 Å². The van der Waals surface area contributed by atoms with E-state index in [4.69, 9.17) is 11.6 Å². The molecule has 2 rings (SSSR count). The molecule has 0 saturated heterocycles. The minimum atomic E-state index is -4.25. The molecule has 1 aliphatic carbocycles. The molecule has 1 aliphatic rings. The third kappa shape index (κ3) is 2.51. The van der Waals surface area contributed by atoms with Crippen LogP contribution in [0, 0.1) is 0 Å². The highest BCUT2D eigenvalue weighted by atomic mass is 35.5. The van der Waals surface area contributed by atoms with Gasteiger partial charge < -0.3 is 0 Å². The summed E-state index contributed by atoms with van der Waals surface area (Å²) in [6.07, 6.45) is -1.46. The fourth-order valence-electron chi connectivity index (χ4n) is 2.17. The van der Waals surface area contributed by atoms with E-state index < -0.39 is 11.7 Å². The van der Waals surface area contributed by atoms with E-state index >= 15 is 0 Å². The third-order valence-electron chi connectivity index (χ3n) is 3.08. The highest BCUT2D eigenvalue weighted by Crippen LogP contribution is 2.38. The molecular weight excluding hydrogens is 237 g/mol. The largest absolute Gasteiger partial charge is 0.416 e. The second kappa shape index (κ2) is 4.28. The molecule has 4 heteroatoms. The number of alkyl halides is 4. The summed E-state index contributed by atoms with van der Waals surface area (Å²) in [6, 6.07) is 5.44. The van der Waals surface area contributed by atoms with Crippen molar-refractivity contribution in [3.05, 3.63) is 35.4 Å². The summed E-state index contributed by atoms with van der Waals surface area (Å²) in [5.41, 5.74) is 0.382. The van der Waals surface area contributed by atoms with Gasteiger partial charge in [-0.1, -0.05) is 12.1 Å². The molecule has 88 valence electrons. The van der Waals surface area contributed by atoms with Crippen molar-refractivity contribution in [2.24, 2.45) is 0 Å². The molecule has 16 heavy (non-hydrogen) atoms. The molecule has 0 amide bonds. The fourth-order valence-corrected chi connectivity index (χ4v) is 2.51. The molecule has 0 radical (unpaired) electrons. The van der Waals surface area contributed by atoms with Gasteiger partial charge in [-0.2, -0.15) is 13.2 Å². The van der Waals surface area contributed by atoms with Crippen LogP contribution in [-0.2, 0) is 6.18 Å². The second-order valence-corrected chi connectivity index (χ2v) is 4.84. The van der Waals surface area contributed by atoms with Crippen molar-refractivity contribution in [3.63, 3.8) is 0 Å². The zero-order valence-electron chi connectivity index (χ0n) is 8.60. The zero-order chi connectivity index (χ0) is 11.8. The number of hydrogen-bond donors (Lipinski definition) is 0. The van der Waals surface area contributed by atoms with E-state index in [0.717, 1.165) is 37.0 Å². The van der Waals surface area contributed by atoms with E-state index in [1.54, 1.807) is 12.1 Å². The molecule has 1 saturated carbocycles. The Morgan fingerprint density at radius 3 is 2.12 bits per heavy atom. The van der Waals surface area contributed by atoms with Gasteiger partial charge in [-0.15, -0.1) is 11.6 Å². The normalized spacial score (nSPS) is 26.0. The highest BCUT2D eigenvalue weighted by molar-refractivity contribution is 6.20. The lowest BCUT2D eigenvalue weighted by molar-refractivity contribution is -0.137. The standard InChI is InChI=1S/C12H12ClF3/c13-11-6-3-9(7-11)8-1-4-10(5-2-8)12(14,15)16/h1-2,4-5,9,11H,3,6-7H2.